The third-order valence-corrected chi connectivity index (χ3v) is 2.71. The molecule has 0 bridgehead atoms. The molecule has 0 atom stereocenters. The number of nitrogens with zero attached hydrogens (tertiary/aromatic N) is 1. The van der Waals surface area contributed by atoms with Crippen molar-refractivity contribution in [2.24, 2.45) is 5.14 Å². The lowest BCUT2D eigenvalue weighted by molar-refractivity contribution is 0.587. The molecule has 4 nitrogen and oxygen atoms in total. The number of primary sulfonamides is 1. The Balaban J connectivity index is 3.33. The molecule has 0 aliphatic carbocycles. The van der Waals surface area contributed by atoms with Gasteiger partial charge in [0.15, 0.2) is 10.8 Å². The molecule has 0 aromatic carbocycles. The summed E-state index contributed by atoms with van der Waals surface area (Å²) in [4.78, 5) is 3.32. The lowest BCUT2D eigenvalue weighted by Gasteiger charge is -1.97. The average Bonchev–Trinajstić information content (AvgIpc) is 1.92. The Morgan fingerprint density at radius 2 is 2.17 bits per heavy atom. The maximum absolute atomic E-state index is 12.6. The molecule has 1 aromatic rings. The van der Waals surface area contributed by atoms with Gasteiger partial charge < -0.3 is 0 Å². The first-order valence-electron chi connectivity index (χ1n) is 2.75. The van der Waals surface area contributed by atoms with Gasteiger partial charge in [0.2, 0.25) is 0 Å². The van der Waals surface area contributed by atoms with Gasteiger partial charge in [-0.15, -0.1) is 0 Å². The fourth-order valence-corrected chi connectivity index (χ4v) is 1.68. The Bertz CT molecular complexity index is 406. The van der Waals surface area contributed by atoms with Crippen LogP contribution >= 0.6 is 22.6 Å². The first kappa shape index (κ1) is 9.81. The van der Waals surface area contributed by atoms with Crippen molar-refractivity contribution in [1.29, 1.82) is 0 Å². The molecular weight excluding hydrogens is 298 g/mol. The molecule has 1 heterocycles. The molecule has 12 heavy (non-hydrogen) atoms. The Morgan fingerprint density at radius 3 is 2.58 bits per heavy atom. The molecule has 7 heteroatoms. The molecule has 0 fully saturated rings. The molecule has 0 amide bonds. The molecule has 0 spiro atoms. The third-order valence-electron chi connectivity index (χ3n) is 1.07. The summed E-state index contributed by atoms with van der Waals surface area (Å²) >= 11 is 1.65. The quantitative estimate of drug-likeness (QED) is 0.767. The second kappa shape index (κ2) is 3.23. The molecular formula is C5H4FIN2O2S. The molecule has 2 N–H and O–H groups in total. The zero-order valence-electron chi connectivity index (χ0n) is 5.66. The number of hydrogen-bond donors (Lipinski definition) is 1. The first-order valence-corrected chi connectivity index (χ1v) is 5.37. The molecule has 0 radical (unpaired) electrons. The van der Waals surface area contributed by atoms with Gasteiger partial charge in [0.05, 0.1) is 9.77 Å². The highest BCUT2D eigenvalue weighted by molar-refractivity contribution is 14.1. The number of pyridine rings is 1. The summed E-state index contributed by atoms with van der Waals surface area (Å²) in [6, 6.07) is 1.07. The second-order valence-electron chi connectivity index (χ2n) is 1.98. The van der Waals surface area contributed by atoms with Gasteiger partial charge in [0, 0.05) is 0 Å². The van der Waals surface area contributed by atoms with E-state index in [0.29, 0.717) is 0 Å². The van der Waals surface area contributed by atoms with Crippen LogP contribution in [0.5, 0.6) is 0 Å². The lowest BCUT2D eigenvalue weighted by Crippen LogP contribution is -2.14. The van der Waals surface area contributed by atoms with Crippen LogP contribution in [0.3, 0.4) is 0 Å². The van der Waals surface area contributed by atoms with E-state index >= 15 is 0 Å². The highest BCUT2D eigenvalue weighted by Gasteiger charge is 2.11. The minimum atomic E-state index is -3.82. The van der Waals surface area contributed by atoms with E-state index in [0.717, 1.165) is 12.3 Å². The van der Waals surface area contributed by atoms with Crippen LogP contribution in [0.4, 0.5) is 4.39 Å². The van der Waals surface area contributed by atoms with Gasteiger partial charge in [-0.05, 0) is 28.7 Å². The normalized spacial score (nSPS) is 11.6. The van der Waals surface area contributed by atoms with Crippen molar-refractivity contribution in [3.05, 3.63) is 21.7 Å². The standard InChI is InChI=1S/C5H4FIN2O2S/c6-3-2-9-5(1-4(3)7)12(8,10)11/h1-2H,(H2,8,10,11). The summed E-state index contributed by atoms with van der Waals surface area (Å²) in [6.45, 7) is 0. The zero-order valence-corrected chi connectivity index (χ0v) is 8.63. The van der Waals surface area contributed by atoms with Crippen molar-refractivity contribution in [2.45, 2.75) is 5.03 Å². The van der Waals surface area contributed by atoms with E-state index in [4.69, 9.17) is 5.14 Å². The minimum Gasteiger partial charge on any atom is -0.240 e. The molecule has 1 aromatic heterocycles. The van der Waals surface area contributed by atoms with E-state index in [2.05, 4.69) is 4.98 Å². The summed E-state index contributed by atoms with van der Waals surface area (Å²) in [5.41, 5.74) is 0. The van der Waals surface area contributed by atoms with Crippen molar-refractivity contribution in [3.63, 3.8) is 0 Å². The SMILES string of the molecule is NS(=O)(=O)c1cc(I)c(F)cn1. The summed E-state index contributed by atoms with van der Waals surface area (Å²) in [5, 5.41) is 4.43. The molecule has 66 valence electrons. The van der Waals surface area contributed by atoms with Gasteiger partial charge in [-0.1, -0.05) is 0 Å². The monoisotopic (exact) mass is 302 g/mol. The van der Waals surface area contributed by atoms with E-state index in [1.54, 1.807) is 22.6 Å². The number of nitrogens with two attached hydrogens (primary N) is 1. The van der Waals surface area contributed by atoms with E-state index in [1.807, 2.05) is 0 Å². The minimum absolute atomic E-state index is 0.173. The maximum Gasteiger partial charge on any atom is 0.255 e. The highest BCUT2D eigenvalue weighted by atomic mass is 127. The molecule has 0 saturated carbocycles. The topological polar surface area (TPSA) is 73.1 Å². The zero-order chi connectivity index (χ0) is 9.35. The third kappa shape index (κ3) is 2.11. The number of halogens is 2. The van der Waals surface area contributed by atoms with Crippen LogP contribution in [0.15, 0.2) is 17.3 Å². The smallest absolute Gasteiger partial charge is 0.240 e. The predicted molar refractivity (Wildman–Crippen MR) is 48.3 cm³/mol. The fraction of sp³-hybridized carbons (Fsp3) is 0. The van der Waals surface area contributed by atoms with Crippen LogP contribution in [0.1, 0.15) is 0 Å². The van der Waals surface area contributed by atoms with Crippen molar-refractivity contribution < 1.29 is 12.8 Å². The van der Waals surface area contributed by atoms with Crippen molar-refractivity contribution in [3.8, 4) is 0 Å². The van der Waals surface area contributed by atoms with E-state index in [1.165, 1.54) is 0 Å². The number of rotatable bonds is 1. The fourth-order valence-electron chi connectivity index (χ4n) is 0.552. The number of hydrogen-bond acceptors (Lipinski definition) is 3. The predicted octanol–water partition coefficient (Wildman–Crippen LogP) is 0.473. The number of aromatic nitrogens is 1. The van der Waals surface area contributed by atoms with E-state index in [-0.39, 0.29) is 8.60 Å². The molecule has 0 saturated heterocycles. The summed E-state index contributed by atoms with van der Waals surface area (Å²) in [6.07, 6.45) is 0.821. The van der Waals surface area contributed by atoms with Crippen molar-refractivity contribution in [2.75, 3.05) is 0 Å². The van der Waals surface area contributed by atoms with Crippen LogP contribution in [0, 0.1) is 9.39 Å². The van der Waals surface area contributed by atoms with E-state index in [9.17, 15) is 12.8 Å². The van der Waals surface area contributed by atoms with Crippen molar-refractivity contribution in [1.82, 2.24) is 4.98 Å². The Labute approximate surface area is 82.2 Å². The summed E-state index contributed by atoms with van der Waals surface area (Å²) < 4.78 is 34.1. The van der Waals surface area contributed by atoms with Gasteiger partial charge >= 0.3 is 0 Å². The Kier molecular flexibility index (Phi) is 2.64. The van der Waals surface area contributed by atoms with Gasteiger partial charge in [-0.25, -0.2) is 22.9 Å². The Morgan fingerprint density at radius 1 is 1.58 bits per heavy atom. The van der Waals surface area contributed by atoms with E-state index < -0.39 is 15.8 Å². The molecule has 0 unspecified atom stereocenters. The van der Waals surface area contributed by atoms with Crippen LogP contribution < -0.4 is 5.14 Å². The van der Waals surface area contributed by atoms with Crippen LogP contribution in [0.2, 0.25) is 0 Å². The molecule has 1 rings (SSSR count). The average molecular weight is 302 g/mol. The molecule has 0 aliphatic heterocycles. The molecule has 0 aliphatic rings. The lowest BCUT2D eigenvalue weighted by atomic mass is 10.5. The van der Waals surface area contributed by atoms with Crippen LogP contribution in [-0.2, 0) is 10.0 Å². The Hall–Kier alpha value is -0.280. The summed E-state index contributed by atoms with van der Waals surface area (Å²) in [7, 11) is -3.82. The van der Waals surface area contributed by atoms with Gasteiger partial charge in [0.1, 0.15) is 0 Å². The highest BCUT2D eigenvalue weighted by Crippen LogP contribution is 2.12. The maximum atomic E-state index is 12.6. The van der Waals surface area contributed by atoms with Crippen molar-refractivity contribution >= 4 is 32.6 Å². The van der Waals surface area contributed by atoms with Crippen LogP contribution in [0.25, 0.3) is 0 Å². The van der Waals surface area contributed by atoms with Gasteiger partial charge in [-0.3, -0.25) is 0 Å². The first-order chi connectivity index (χ1) is 5.41. The largest absolute Gasteiger partial charge is 0.255 e. The summed E-state index contributed by atoms with van der Waals surface area (Å²) in [5.74, 6) is -0.567. The van der Waals surface area contributed by atoms with Gasteiger partial charge in [0.25, 0.3) is 10.0 Å². The van der Waals surface area contributed by atoms with Crippen LogP contribution in [-0.4, -0.2) is 13.4 Å². The number of sulfonamides is 1. The second-order valence-corrected chi connectivity index (χ2v) is 4.65. The van der Waals surface area contributed by atoms with Gasteiger partial charge in [-0.2, -0.15) is 0 Å².